The highest BCUT2D eigenvalue weighted by atomic mass is 16.3. The summed E-state index contributed by atoms with van der Waals surface area (Å²) in [5.74, 6) is 2.72. The van der Waals surface area contributed by atoms with Crippen molar-refractivity contribution in [2.24, 2.45) is 0 Å². The van der Waals surface area contributed by atoms with E-state index in [4.69, 9.17) is 19.4 Å². The lowest BCUT2D eigenvalue weighted by molar-refractivity contribution is 0.499. The maximum atomic E-state index is 6.93. The minimum absolute atomic E-state index is 0.162. The van der Waals surface area contributed by atoms with Crippen LogP contribution in [0.1, 0.15) is 56.1 Å². The van der Waals surface area contributed by atoms with Crippen LogP contribution in [0.25, 0.3) is 83.9 Å². The minimum Gasteiger partial charge on any atom is -0.456 e. The summed E-state index contributed by atoms with van der Waals surface area (Å²) in [5, 5.41) is 5.57. The molecule has 1 aliphatic rings. The summed E-state index contributed by atoms with van der Waals surface area (Å²) in [6, 6.07) is 44.4. The summed E-state index contributed by atoms with van der Waals surface area (Å²) < 4.78 is 6.93. The fourth-order valence-corrected chi connectivity index (χ4v) is 8.54. The summed E-state index contributed by atoms with van der Waals surface area (Å²) in [6.07, 6.45) is 3.87. The van der Waals surface area contributed by atoms with E-state index in [1.54, 1.807) is 0 Å². The van der Waals surface area contributed by atoms with Gasteiger partial charge in [-0.3, -0.25) is 0 Å². The first kappa shape index (κ1) is 30.9. The van der Waals surface area contributed by atoms with Gasteiger partial charge in [0, 0.05) is 38.6 Å². The molecular weight excluding hydrogens is 623 g/mol. The molecule has 4 nitrogen and oxygen atoms in total. The molecule has 0 aliphatic heterocycles. The van der Waals surface area contributed by atoms with Crippen molar-refractivity contribution < 1.29 is 4.42 Å². The number of hydrogen-bond donors (Lipinski definition) is 0. The highest BCUT2D eigenvalue weighted by Gasteiger charge is 2.44. The van der Waals surface area contributed by atoms with E-state index < -0.39 is 0 Å². The maximum Gasteiger partial charge on any atom is 0.164 e. The quantitative estimate of drug-likeness (QED) is 0.160. The lowest BCUT2D eigenvalue weighted by Crippen LogP contribution is -2.24. The van der Waals surface area contributed by atoms with Crippen LogP contribution in [-0.4, -0.2) is 15.0 Å². The second kappa shape index (κ2) is 12.0. The second-order valence-electron chi connectivity index (χ2n) is 13.4. The molecule has 0 spiro atoms. The van der Waals surface area contributed by atoms with Gasteiger partial charge in [0.05, 0.1) is 0 Å². The van der Waals surface area contributed by atoms with E-state index in [0.29, 0.717) is 17.5 Å². The molecule has 8 aromatic rings. The predicted octanol–water partition coefficient (Wildman–Crippen LogP) is 12.6. The number of nitrogens with zero attached hydrogens (tertiary/aromatic N) is 3. The van der Waals surface area contributed by atoms with Crippen LogP contribution >= 0.6 is 0 Å². The fourth-order valence-electron chi connectivity index (χ4n) is 8.54. The van der Waals surface area contributed by atoms with Crippen molar-refractivity contribution in [3.05, 3.63) is 156 Å². The zero-order valence-electron chi connectivity index (χ0n) is 29.1. The summed E-state index contributed by atoms with van der Waals surface area (Å²) in [7, 11) is 0. The zero-order chi connectivity index (χ0) is 34.7. The van der Waals surface area contributed by atoms with Crippen LogP contribution in [0.15, 0.2) is 138 Å². The molecule has 9 rings (SSSR count). The molecule has 1 aliphatic carbocycles. The van der Waals surface area contributed by atoms with Gasteiger partial charge >= 0.3 is 0 Å². The van der Waals surface area contributed by atoms with E-state index in [0.717, 1.165) is 62.6 Å². The van der Waals surface area contributed by atoms with Crippen LogP contribution in [0.3, 0.4) is 0 Å². The molecule has 0 radical (unpaired) electrons. The number of benzene rings is 6. The largest absolute Gasteiger partial charge is 0.456 e. The molecule has 0 saturated carbocycles. The Balaban J connectivity index is 1.32. The van der Waals surface area contributed by atoms with Gasteiger partial charge in [-0.1, -0.05) is 142 Å². The van der Waals surface area contributed by atoms with Gasteiger partial charge in [0.1, 0.15) is 11.3 Å². The third kappa shape index (κ3) is 4.63. The normalized spacial score (nSPS) is 13.7. The predicted molar refractivity (Wildman–Crippen MR) is 212 cm³/mol. The Bertz CT molecular complexity index is 2700. The van der Waals surface area contributed by atoms with Crippen LogP contribution in [0.2, 0.25) is 0 Å². The molecule has 246 valence electrons. The Kier molecular flexibility index (Phi) is 7.29. The van der Waals surface area contributed by atoms with Crippen LogP contribution in [0.4, 0.5) is 0 Å². The SMILES string of the molecule is C=Cc1c(C2=C(C)c3ccccc3C2(CC)CC)oc2cccc(-c3nc(-c4ccccc4)nc(-c4cc5ccccc5c5ccccc45)n3)c12. The van der Waals surface area contributed by atoms with Gasteiger partial charge < -0.3 is 4.42 Å². The molecule has 2 aromatic heterocycles. The number of rotatable bonds is 7. The van der Waals surface area contributed by atoms with Gasteiger partial charge in [0.25, 0.3) is 0 Å². The number of fused-ring (bicyclic) bond motifs is 5. The van der Waals surface area contributed by atoms with Gasteiger partial charge in [-0.25, -0.2) is 15.0 Å². The van der Waals surface area contributed by atoms with Crippen molar-refractivity contribution in [3.63, 3.8) is 0 Å². The van der Waals surface area contributed by atoms with Crippen molar-refractivity contribution >= 4 is 49.7 Å². The Hall–Kier alpha value is -6.13. The molecular formula is C47H37N3O. The van der Waals surface area contributed by atoms with Crippen LogP contribution in [0.5, 0.6) is 0 Å². The highest BCUT2D eigenvalue weighted by molar-refractivity contribution is 6.13. The van der Waals surface area contributed by atoms with E-state index in [1.165, 1.54) is 33.0 Å². The van der Waals surface area contributed by atoms with E-state index in [1.807, 2.05) is 36.4 Å². The van der Waals surface area contributed by atoms with Crippen LogP contribution in [0, 0.1) is 0 Å². The van der Waals surface area contributed by atoms with Gasteiger partial charge in [0.15, 0.2) is 17.5 Å². The molecule has 0 fully saturated rings. The van der Waals surface area contributed by atoms with E-state index in [9.17, 15) is 0 Å². The first-order chi connectivity index (χ1) is 25.1. The number of allylic oxidation sites excluding steroid dienone is 2. The molecule has 0 bridgehead atoms. The third-order valence-corrected chi connectivity index (χ3v) is 11.0. The Morgan fingerprint density at radius 3 is 2.02 bits per heavy atom. The van der Waals surface area contributed by atoms with E-state index in [2.05, 4.69) is 124 Å². The highest BCUT2D eigenvalue weighted by Crippen LogP contribution is 2.56. The standard InChI is InChI=1S/C47H37N3O/c1-5-32-41-37(25-17-27-40(41)51-43(32)42-29(4)33-21-15-16-26-39(33)47(42,6-2)7-3)45-48-44(30-18-9-8-10-19-30)49-46(50-45)38-28-31-20-11-12-22-34(31)35-23-13-14-24-36(35)38/h5,8-28H,1,6-7H2,2-4H3. The van der Waals surface area contributed by atoms with Crippen LogP contribution in [-0.2, 0) is 5.41 Å². The first-order valence-corrected chi connectivity index (χ1v) is 17.8. The van der Waals surface area contributed by atoms with Crippen molar-refractivity contribution in [2.45, 2.75) is 39.0 Å². The molecule has 0 atom stereocenters. The van der Waals surface area contributed by atoms with Gasteiger partial charge in [-0.15, -0.1) is 0 Å². The van der Waals surface area contributed by atoms with E-state index >= 15 is 0 Å². The van der Waals surface area contributed by atoms with E-state index in [-0.39, 0.29) is 5.41 Å². The first-order valence-electron chi connectivity index (χ1n) is 17.8. The Morgan fingerprint density at radius 1 is 0.627 bits per heavy atom. The number of hydrogen-bond acceptors (Lipinski definition) is 4. The lowest BCUT2D eigenvalue weighted by Gasteiger charge is -2.31. The summed E-state index contributed by atoms with van der Waals surface area (Å²) in [5.41, 5.74) is 9.54. The molecule has 6 aromatic carbocycles. The second-order valence-corrected chi connectivity index (χ2v) is 13.4. The molecule has 0 N–H and O–H groups in total. The van der Waals surface area contributed by atoms with Gasteiger partial charge in [0.2, 0.25) is 0 Å². The van der Waals surface area contributed by atoms with Crippen molar-refractivity contribution in [2.75, 3.05) is 0 Å². The molecule has 2 heterocycles. The minimum atomic E-state index is -0.162. The lowest BCUT2D eigenvalue weighted by atomic mass is 9.71. The zero-order valence-corrected chi connectivity index (χ0v) is 29.1. The topological polar surface area (TPSA) is 51.8 Å². The number of aromatic nitrogens is 3. The average Bonchev–Trinajstić information content (AvgIpc) is 3.69. The monoisotopic (exact) mass is 659 g/mol. The molecule has 0 unspecified atom stereocenters. The summed E-state index contributed by atoms with van der Waals surface area (Å²) in [4.78, 5) is 15.6. The van der Waals surface area contributed by atoms with Crippen LogP contribution < -0.4 is 0 Å². The molecule has 0 amide bonds. The summed E-state index contributed by atoms with van der Waals surface area (Å²) in [6.45, 7) is 11.2. The molecule has 0 saturated heterocycles. The van der Waals surface area contributed by atoms with Crippen molar-refractivity contribution in [3.8, 4) is 34.2 Å². The molecule has 4 heteroatoms. The summed E-state index contributed by atoms with van der Waals surface area (Å²) >= 11 is 0. The average molecular weight is 660 g/mol. The molecule has 51 heavy (non-hydrogen) atoms. The van der Waals surface area contributed by atoms with Crippen molar-refractivity contribution in [1.82, 2.24) is 15.0 Å². The smallest absolute Gasteiger partial charge is 0.164 e. The number of furan rings is 1. The maximum absolute atomic E-state index is 6.93. The van der Waals surface area contributed by atoms with Gasteiger partial charge in [-0.2, -0.15) is 0 Å². The Morgan fingerprint density at radius 2 is 1.25 bits per heavy atom. The Labute approximate surface area is 297 Å². The third-order valence-electron chi connectivity index (χ3n) is 11.0. The fraction of sp³-hybridized carbons (Fsp3) is 0.128. The van der Waals surface area contributed by atoms with Gasteiger partial charge in [-0.05, 0) is 70.1 Å². The van der Waals surface area contributed by atoms with Crippen molar-refractivity contribution in [1.29, 1.82) is 0 Å².